The van der Waals surface area contributed by atoms with E-state index >= 15 is 0 Å². The highest BCUT2D eigenvalue weighted by Gasteiger charge is 2.10. The Labute approximate surface area is 169 Å². The smallest absolute Gasteiger partial charge is 0.230 e. The molecule has 0 aliphatic rings. The van der Waals surface area contributed by atoms with E-state index in [1.807, 2.05) is 36.5 Å². The lowest BCUT2D eigenvalue weighted by Crippen LogP contribution is -2.14. The number of hydrogen-bond donors (Lipinski definition) is 1. The van der Waals surface area contributed by atoms with Gasteiger partial charge in [0.25, 0.3) is 0 Å². The van der Waals surface area contributed by atoms with Crippen molar-refractivity contribution < 1.29 is 13.6 Å². The molecule has 8 heteroatoms. The minimum absolute atomic E-state index is 0.175. The molecule has 0 fully saturated rings. The number of carbonyl (C=O) groups excluding carboxylic acids is 1. The van der Waals surface area contributed by atoms with Gasteiger partial charge in [0.2, 0.25) is 5.91 Å². The number of rotatable bonds is 6. The lowest BCUT2D eigenvalue weighted by Gasteiger charge is -2.04. The fourth-order valence-electron chi connectivity index (χ4n) is 2.83. The third kappa shape index (κ3) is 4.72. The van der Waals surface area contributed by atoms with Crippen molar-refractivity contribution in [2.24, 2.45) is 0 Å². The van der Waals surface area contributed by atoms with Crippen LogP contribution in [0, 0.1) is 11.6 Å². The van der Waals surface area contributed by atoms with Crippen LogP contribution in [0.25, 0.3) is 5.69 Å². The van der Waals surface area contributed by atoms with Gasteiger partial charge in [-0.05, 0) is 41.5 Å². The summed E-state index contributed by atoms with van der Waals surface area (Å²) in [4.78, 5) is 17.3. The highest BCUT2D eigenvalue weighted by atomic mass is 32.1. The largest absolute Gasteiger partial charge is 0.302 e. The number of benzene rings is 2. The molecule has 2 aromatic heterocycles. The van der Waals surface area contributed by atoms with Gasteiger partial charge in [0.05, 0.1) is 12.1 Å². The maximum Gasteiger partial charge on any atom is 0.230 e. The molecule has 0 aliphatic heterocycles. The second-order valence-corrected chi connectivity index (χ2v) is 7.51. The number of halogens is 2. The Morgan fingerprint density at radius 2 is 1.86 bits per heavy atom. The fraction of sp³-hybridized carbons (Fsp3) is 0.0952. The Hall–Kier alpha value is -3.39. The highest BCUT2D eigenvalue weighted by molar-refractivity contribution is 7.15. The van der Waals surface area contributed by atoms with E-state index in [2.05, 4.69) is 15.4 Å². The van der Waals surface area contributed by atoms with Crippen molar-refractivity contribution in [3.63, 3.8) is 0 Å². The van der Waals surface area contributed by atoms with E-state index < -0.39 is 11.6 Å². The van der Waals surface area contributed by atoms with E-state index in [1.165, 1.54) is 23.5 Å². The topological polar surface area (TPSA) is 59.8 Å². The van der Waals surface area contributed by atoms with Gasteiger partial charge in [-0.3, -0.25) is 4.79 Å². The Kier molecular flexibility index (Phi) is 5.44. The fourth-order valence-corrected chi connectivity index (χ4v) is 3.70. The number of anilines is 1. The molecule has 29 heavy (non-hydrogen) atoms. The number of thiazole rings is 1. The Bertz CT molecular complexity index is 1120. The maximum atomic E-state index is 13.3. The van der Waals surface area contributed by atoms with Gasteiger partial charge < -0.3 is 5.32 Å². The number of aromatic nitrogens is 3. The zero-order valence-electron chi connectivity index (χ0n) is 15.2. The summed E-state index contributed by atoms with van der Waals surface area (Å²) >= 11 is 1.31. The molecule has 1 N–H and O–H groups in total. The summed E-state index contributed by atoms with van der Waals surface area (Å²) in [5, 5.41) is 7.41. The minimum atomic E-state index is -0.876. The molecule has 0 bridgehead atoms. The van der Waals surface area contributed by atoms with Crippen LogP contribution < -0.4 is 5.32 Å². The highest BCUT2D eigenvalue weighted by Crippen LogP contribution is 2.22. The monoisotopic (exact) mass is 410 g/mol. The van der Waals surface area contributed by atoms with E-state index in [0.29, 0.717) is 17.1 Å². The van der Waals surface area contributed by atoms with Crippen LogP contribution in [0.2, 0.25) is 0 Å². The van der Waals surface area contributed by atoms with Gasteiger partial charge in [0.15, 0.2) is 16.8 Å². The quantitative estimate of drug-likeness (QED) is 0.513. The van der Waals surface area contributed by atoms with Gasteiger partial charge >= 0.3 is 0 Å². The first kappa shape index (κ1) is 18.9. The summed E-state index contributed by atoms with van der Waals surface area (Å²) in [6.45, 7) is 0. The standard InChI is InChI=1S/C21H16F2N4OS/c22-18-7-4-15(11-19(18)23)10-17-13-24-21(29-17)26-20(28)12-14-2-5-16(6-3-14)27-9-1-8-25-27/h1-9,11,13H,10,12H2,(H,24,26,28). The second-order valence-electron chi connectivity index (χ2n) is 6.40. The summed E-state index contributed by atoms with van der Waals surface area (Å²) < 4.78 is 28.1. The molecular weight excluding hydrogens is 394 g/mol. The molecule has 0 radical (unpaired) electrons. The van der Waals surface area contributed by atoms with Crippen molar-refractivity contribution in [2.45, 2.75) is 12.8 Å². The van der Waals surface area contributed by atoms with Gasteiger partial charge in [-0.25, -0.2) is 18.4 Å². The first-order valence-electron chi connectivity index (χ1n) is 8.84. The van der Waals surface area contributed by atoms with Crippen LogP contribution in [-0.2, 0) is 17.6 Å². The molecular formula is C21H16F2N4OS. The van der Waals surface area contributed by atoms with Gasteiger partial charge in [0.1, 0.15) is 0 Å². The Balaban J connectivity index is 1.34. The molecule has 0 unspecified atom stereocenters. The SMILES string of the molecule is O=C(Cc1ccc(-n2cccn2)cc1)Nc1ncc(Cc2ccc(F)c(F)c2)s1. The summed E-state index contributed by atoms with van der Waals surface area (Å²) in [7, 11) is 0. The van der Waals surface area contributed by atoms with Crippen LogP contribution in [-0.4, -0.2) is 20.7 Å². The molecule has 2 aromatic carbocycles. The average molecular weight is 410 g/mol. The van der Waals surface area contributed by atoms with Crippen molar-refractivity contribution in [3.05, 3.63) is 94.8 Å². The van der Waals surface area contributed by atoms with E-state index in [4.69, 9.17) is 0 Å². The molecule has 146 valence electrons. The lowest BCUT2D eigenvalue weighted by atomic mass is 10.1. The summed E-state index contributed by atoms with van der Waals surface area (Å²) in [6, 6.07) is 13.2. The second kappa shape index (κ2) is 8.32. The van der Waals surface area contributed by atoms with Crippen LogP contribution in [0.5, 0.6) is 0 Å². The van der Waals surface area contributed by atoms with E-state index in [0.717, 1.165) is 22.2 Å². The van der Waals surface area contributed by atoms with Crippen LogP contribution in [0.4, 0.5) is 13.9 Å². The van der Waals surface area contributed by atoms with Crippen molar-refractivity contribution in [3.8, 4) is 5.69 Å². The Morgan fingerprint density at radius 1 is 1.07 bits per heavy atom. The molecule has 0 aliphatic carbocycles. The number of nitrogens with zero attached hydrogens (tertiary/aromatic N) is 3. The summed E-state index contributed by atoms with van der Waals surface area (Å²) in [5.41, 5.74) is 2.43. The van der Waals surface area contributed by atoms with Crippen molar-refractivity contribution in [1.82, 2.24) is 14.8 Å². The molecule has 2 heterocycles. The van der Waals surface area contributed by atoms with Crippen LogP contribution >= 0.6 is 11.3 Å². The summed E-state index contributed by atoms with van der Waals surface area (Å²) in [6.07, 6.45) is 5.82. The van der Waals surface area contributed by atoms with Gasteiger partial charge in [-0.15, -0.1) is 11.3 Å². The molecule has 0 atom stereocenters. The normalized spacial score (nSPS) is 10.8. The van der Waals surface area contributed by atoms with Crippen molar-refractivity contribution in [2.75, 3.05) is 5.32 Å². The molecule has 5 nitrogen and oxygen atoms in total. The average Bonchev–Trinajstić information content (AvgIpc) is 3.38. The number of nitrogens with one attached hydrogen (secondary N) is 1. The number of carbonyl (C=O) groups is 1. The Morgan fingerprint density at radius 3 is 2.59 bits per heavy atom. The predicted molar refractivity (Wildman–Crippen MR) is 107 cm³/mol. The van der Waals surface area contributed by atoms with Crippen molar-refractivity contribution >= 4 is 22.4 Å². The van der Waals surface area contributed by atoms with Gasteiger partial charge in [0, 0.05) is 29.9 Å². The van der Waals surface area contributed by atoms with Crippen molar-refractivity contribution in [1.29, 1.82) is 0 Å². The third-order valence-corrected chi connectivity index (χ3v) is 5.15. The molecule has 0 spiro atoms. The maximum absolute atomic E-state index is 13.3. The predicted octanol–water partition coefficient (Wildman–Crippen LogP) is 4.38. The molecule has 0 saturated carbocycles. The van der Waals surface area contributed by atoms with E-state index in [9.17, 15) is 13.6 Å². The van der Waals surface area contributed by atoms with Crippen LogP contribution in [0.1, 0.15) is 16.0 Å². The van der Waals surface area contributed by atoms with Crippen LogP contribution in [0.15, 0.2) is 67.1 Å². The molecule has 1 amide bonds. The zero-order chi connectivity index (χ0) is 20.2. The minimum Gasteiger partial charge on any atom is -0.302 e. The molecule has 4 aromatic rings. The third-order valence-electron chi connectivity index (χ3n) is 4.23. The lowest BCUT2D eigenvalue weighted by molar-refractivity contribution is -0.115. The number of amides is 1. The van der Waals surface area contributed by atoms with Gasteiger partial charge in [-0.2, -0.15) is 5.10 Å². The molecule has 4 rings (SSSR count). The van der Waals surface area contributed by atoms with E-state index in [-0.39, 0.29) is 12.3 Å². The van der Waals surface area contributed by atoms with Gasteiger partial charge in [-0.1, -0.05) is 18.2 Å². The molecule has 0 saturated heterocycles. The number of hydrogen-bond acceptors (Lipinski definition) is 4. The zero-order valence-corrected chi connectivity index (χ0v) is 16.0. The first-order valence-corrected chi connectivity index (χ1v) is 9.66. The summed E-state index contributed by atoms with van der Waals surface area (Å²) in [5.74, 6) is -1.92. The van der Waals surface area contributed by atoms with Crippen LogP contribution in [0.3, 0.4) is 0 Å². The first-order chi connectivity index (χ1) is 14.1. The van der Waals surface area contributed by atoms with E-state index in [1.54, 1.807) is 17.1 Å².